The van der Waals surface area contributed by atoms with E-state index in [1.807, 2.05) is 20.8 Å². The van der Waals surface area contributed by atoms with Gasteiger partial charge in [-0.3, -0.25) is 10.5 Å². The van der Waals surface area contributed by atoms with Gasteiger partial charge in [0.15, 0.2) is 0 Å². The Balaban J connectivity index is 2.62. The van der Waals surface area contributed by atoms with Gasteiger partial charge in [0, 0.05) is 5.92 Å². The molecule has 1 aliphatic carbocycles. The Morgan fingerprint density at radius 1 is 1.56 bits per heavy atom. The van der Waals surface area contributed by atoms with Gasteiger partial charge < -0.3 is 0 Å². The lowest BCUT2D eigenvalue weighted by Crippen LogP contribution is -2.05. The molecule has 0 aromatic heterocycles. The van der Waals surface area contributed by atoms with Crippen molar-refractivity contribution >= 4 is 5.91 Å². The van der Waals surface area contributed by atoms with Gasteiger partial charge in [0.2, 0.25) is 5.91 Å². The number of hydrogen-bond donors (Lipinski definition) is 0. The molecule has 0 aromatic carbocycles. The van der Waals surface area contributed by atoms with E-state index in [-0.39, 0.29) is 11.3 Å². The molecule has 1 aliphatic rings. The van der Waals surface area contributed by atoms with E-state index in [4.69, 9.17) is 5.73 Å². The van der Waals surface area contributed by atoms with Crippen LogP contribution in [0.15, 0.2) is 0 Å². The summed E-state index contributed by atoms with van der Waals surface area (Å²) < 4.78 is 0. The predicted octanol–water partition coefficient (Wildman–Crippen LogP) is 1.09. The number of hydrogen-bond acceptors (Lipinski definition) is 1. The van der Waals surface area contributed by atoms with Gasteiger partial charge in [-0.1, -0.05) is 20.8 Å². The quantitative estimate of drug-likeness (QED) is 0.518. The van der Waals surface area contributed by atoms with Crippen LogP contribution in [0.25, 0.3) is 0 Å². The average Bonchev–Trinajstić information content (AvgIpc) is 2.07. The molecule has 0 aromatic rings. The molecular formula is C7H12NO. The normalized spacial score (nSPS) is 38.1. The van der Waals surface area contributed by atoms with E-state index in [0.29, 0.717) is 5.92 Å². The predicted molar refractivity (Wildman–Crippen MR) is 34.5 cm³/mol. The lowest BCUT2D eigenvalue weighted by atomic mass is 10.1. The zero-order valence-corrected chi connectivity index (χ0v) is 6.06. The summed E-state index contributed by atoms with van der Waals surface area (Å²) >= 11 is 0. The first-order chi connectivity index (χ1) is 3.98. The first kappa shape index (κ1) is 6.59. The average molecular weight is 126 g/mol. The number of carbonyl (C=O) groups excluding carboxylic acids is 1. The lowest BCUT2D eigenvalue weighted by Gasteiger charge is -1.95. The minimum atomic E-state index is -0.396. The highest BCUT2D eigenvalue weighted by Gasteiger charge is 2.58. The van der Waals surface area contributed by atoms with Gasteiger partial charge in [0.05, 0.1) is 0 Å². The van der Waals surface area contributed by atoms with Gasteiger partial charge in [-0.05, 0) is 11.3 Å². The van der Waals surface area contributed by atoms with Crippen molar-refractivity contribution < 1.29 is 4.79 Å². The molecule has 2 nitrogen and oxygen atoms in total. The molecule has 2 unspecified atom stereocenters. The lowest BCUT2D eigenvalue weighted by molar-refractivity contribution is -0.120. The van der Waals surface area contributed by atoms with Gasteiger partial charge in [-0.2, -0.15) is 0 Å². The van der Waals surface area contributed by atoms with Crippen LogP contribution in [0.1, 0.15) is 20.8 Å². The van der Waals surface area contributed by atoms with Crippen molar-refractivity contribution in [3.8, 4) is 0 Å². The second-order valence-electron chi connectivity index (χ2n) is 3.45. The Labute approximate surface area is 55.4 Å². The van der Waals surface area contributed by atoms with Gasteiger partial charge in [-0.25, -0.2) is 0 Å². The molecule has 0 bridgehead atoms. The Morgan fingerprint density at radius 2 is 1.89 bits per heavy atom. The van der Waals surface area contributed by atoms with Crippen molar-refractivity contribution in [3.63, 3.8) is 0 Å². The molecule has 0 aliphatic heterocycles. The third kappa shape index (κ3) is 0.732. The van der Waals surface area contributed by atoms with Crippen LogP contribution in [0, 0.1) is 17.3 Å². The van der Waals surface area contributed by atoms with Crippen molar-refractivity contribution in [2.45, 2.75) is 20.8 Å². The smallest absolute Gasteiger partial charge is 0.242 e. The standard InChI is InChI=1S/C7H12NO/c1-4-5(6(8)9)7(4,2)3/h4-5,8H,1-3H3. The molecule has 0 spiro atoms. The van der Waals surface area contributed by atoms with Crippen molar-refractivity contribution in [2.24, 2.45) is 17.3 Å². The zero-order chi connectivity index (χ0) is 7.23. The first-order valence-electron chi connectivity index (χ1n) is 3.23. The van der Waals surface area contributed by atoms with Crippen molar-refractivity contribution in [3.05, 3.63) is 0 Å². The SMILES string of the molecule is CC1C(C([NH])=O)C1(C)C. The van der Waals surface area contributed by atoms with Gasteiger partial charge in [-0.15, -0.1) is 0 Å². The van der Waals surface area contributed by atoms with Crippen molar-refractivity contribution in [2.75, 3.05) is 0 Å². The summed E-state index contributed by atoms with van der Waals surface area (Å²) in [6.07, 6.45) is 0. The summed E-state index contributed by atoms with van der Waals surface area (Å²) in [6.45, 7) is 6.10. The van der Waals surface area contributed by atoms with Crippen LogP contribution >= 0.6 is 0 Å². The van der Waals surface area contributed by atoms with Crippen LogP contribution in [0.5, 0.6) is 0 Å². The van der Waals surface area contributed by atoms with E-state index >= 15 is 0 Å². The maximum atomic E-state index is 10.5. The largest absolute Gasteiger partial charge is 0.273 e. The fourth-order valence-electron chi connectivity index (χ4n) is 1.46. The number of carbonyl (C=O) groups is 1. The molecule has 1 rings (SSSR count). The summed E-state index contributed by atoms with van der Waals surface area (Å²) in [5, 5.41) is 0. The van der Waals surface area contributed by atoms with E-state index < -0.39 is 5.91 Å². The third-order valence-corrected chi connectivity index (χ3v) is 2.65. The van der Waals surface area contributed by atoms with Gasteiger partial charge in [0.1, 0.15) is 0 Å². The fraction of sp³-hybridized carbons (Fsp3) is 0.857. The number of rotatable bonds is 1. The Morgan fingerprint density at radius 3 is 1.89 bits per heavy atom. The van der Waals surface area contributed by atoms with E-state index in [9.17, 15) is 4.79 Å². The summed E-state index contributed by atoms with van der Waals surface area (Å²) in [5.41, 5.74) is 6.95. The zero-order valence-electron chi connectivity index (χ0n) is 6.06. The minimum absolute atomic E-state index is 0.0116. The highest BCUT2D eigenvalue weighted by atomic mass is 16.1. The Bertz CT molecular complexity index is 151. The summed E-state index contributed by atoms with van der Waals surface area (Å²) in [6, 6.07) is 0. The second-order valence-corrected chi connectivity index (χ2v) is 3.45. The highest BCUT2D eigenvalue weighted by Crippen LogP contribution is 2.57. The molecule has 0 saturated heterocycles. The van der Waals surface area contributed by atoms with Gasteiger partial charge in [0.25, 0.3) is 0 Å². The molecule has 2 atom stereocenters. The molecule has 1 fully saturated rings. The molecule has 1 amide bonds. The fourth-order valence-corrected chi connectivity index (χ4v) is 1.46. The topological polar surface area (TPSA) is 40.9 Å². The number of amides is 1. The highest BCUT2D eigenvalue weighted by molar-refractivity contribution is 5.80. The molecule has 1 N–H and O–H groups in total. The van der Waals surface area contributed by atoms with E-state index in [1.165, 1.54) is 0 Å². The van der Waals surface area contributed by atoms with E-state index in [1.54, 1.807) is 0 Å². The molecule has 0 heterocycles. The van der Waals surface area contributed by atoms with Crippen LogP contribution in [0.3, 0.4) is 0 Å². The summed E-state index contributed by atoms with van der Waals surface area (Å²) in [7, 11) is 0. The molecule has 51 valence electrons. The molecular weight excluding hydrogens is 114 g/mol. The second kappa shape index (κ2) is 1.49. The maximum absolute atomic E-state index is 10.5. The van der Waals surface area contributed by atoms with Crippen molar-refractivity contribution in [1.29, 1.82) is 0 Å². The summed E-state index contributed by atoms with van der Waals surface area (Å²) in [4.78, 5) is 10.5. The molecule has 9 heavy (non-hydrogen) atoms. The van der Waals surface area contributed by atoms with Gasteiger partial charge >= 0.3 is 0 Å². The van der Waals surface area contributed by atoms with Crippen molar-refractivity contribution in [1.82, 2.24) is 5.73 Å². The Hall–Kier alpha value is -0.530. The van der Waals surface area contributed by atoms with Crippen LogP contribution in [0.2, 0.25) is 0 Å². The van der Waals surface area contributed by atoms with Crippen LogP contribution < -0.4 is 5.73 Å². The van der Waals surface area contributed by atoms with Crippen LogP contribution in [-0.2, 0) is 4.79 Å². The van der Waals surface area contributed by atoms with E-state index in [0.717, 1.165) is 0 Å². The Kier molecular flexibility index (Phi) is 1.09. The van der Waals surface area contributed by atoms with E-state index in [2.05, 4.69) is 0 Å². The molecule has 2 heteroatoms. The van der Waals surface area contributed by atoms with Crippen LogP contribution in [-0.4, -0.2) is 5.91 Å². The minimum Gasteiger partial charge on any atom is -0.273 e. The monoisotopic (exact) mass is 126 g/mol. The first-order valence-corrected chi connectivity index (χ1v) is 3.23. The van der Waals surface area contributed by atoms with Crippen LogP contribution in [0.4, 0.5) is 0 Å². The molecule has 1 radical (unpaired) electrons. The number of nitrogens with one attached hydrogen (secondary N) is 1. The maximum Gasteiger partial charge on any atom is 0.242 e. The molecule has 1 saturated carbocycles. The summed E-state index contributed by atoms with van der Waals surface area (Å²) in [5.74, 6) is 0.0347. The third-order valence-electron chi connectivity index (χ3n) is 2.65.